The van der Waals surface area contributed by atoms with E-state index in [-0.39, 0.29) is 30.0 Å². The first kappa shape index (κ1) is 27.3. The van der Waals surface area contributed by atoms with Crippen LogP contribution in [0.5, 0.6) is 0 Å². The van der Waals surface area contributed by atoms with Crippen LogP contribution in [0.3, 0.4) is 0 Å². The second-order valence-electron chi connectivity index (χ2n) is 10.0. The van der Waals surface area contributed by atoms with E-state index in [4.69, 9.17) is 4.98 Å². The van der Waals surface area contributed by atoms with Gasteiger partial charge in [0, 0.05) is 50.9 Å². The van der Waals surface area contributed by atoms with Gasteiger partial charge in [-0.15, -0.1) is 0 Å². The normalized spacial score (nSPS) is 17.8. The molecule has 2 amide bonds. The third kappa shape index (κ3) is 6.66. The first-order valence-corrected chi connectivity index (χ1v) is 15.2. The lowest BCUT2D eigenvalue weighted by molar-refractivity contribution is -0.135. The maximum atomic E-state index is 13.1. The fourth-order valence-corrected chi connectivity index (χ4v) is 5.98. The quantitative estimate of drug-likeness (QED) is 0.421. The molecular weight excluding hydrogens is 528 g/mol. The number of fused-ring (bicyclic) bond motifs is 1. The lowest BCUT2D eigenvalue weighted by Crippen LogP contribution is -2.51. The second-order valence-corrected chi connectivity index (χ2v) is 12.2. The van der Waals surface area contributed by atoms with E-state index in [1.165, 1.54) is 6.26 Å². The number of piperazine rings is 1. The van der Waals surface area contributed by atoms with Gasteiger partial charge in [-0.05, 0) is 29.6 Å². The molecule has 1 aromatic carbocycles. The zero-order valence-corrected chi connectivity index (χ0v) is 23.1. The molecule has 40 heavy (non-hydrogen) atoms. The number of nitrogens with one attached hydrogen (secondary N) is 1. The van der Waals surface area contributed by atoms with E-state index in [0.717, 1.165) is 11.1 Å². The number of benzene rings is 1. The molecule has 2 aliphatic rings. The van der Waals surface area contributed by atoms with Crippen LogP contribution in [0.1, 0.15) is 17.7 Å². The van der Waals surface area contributed by atoms with Crippen LogP contribution in [-0.2, 0) is 19.4 Å². The number of carbonyl (C=O) groups is 2. The minimum Gasteiger partial charge on any atom is -0.360 e. The lowest BCUT2D eigenvalue weighted by Gasteiger charge is -2.34. The Labute approximate surface area is 233 Å². The summed E-state index contributed by atoms with van der Waals surface area (Å²) in [5.41, 5.74) is 3.01. The molecule has 5 rings (SSSR count). The molecule has 3 aromatic rings. The Balaban J connectivity index is 1.23. The molecule has 1 N–H and O–H groups in total. The fraction of sp³-hybridized carbons (Fsp3) is 0.310. The fourth-order valence-electron chi connectivity index (χ4n) is 4.97. The molecule has 0 spiro atoms. The van der Waals surface area contributed by atoms with Crippen molar-refractivity contribution >= 4 is 44.8 Å². The molecule has 0 radical (unpaired) electrons. The lowest BCUT2D eigenvalue weighted by atomic mass is 9.96. The van der Waals surface area contributed by atoms with E-state index in [2.05, 4.69) is 10.3 Å². The highest BCUT2D eigenvalue weighted by atomic mass is 32.2. The summed E-state index contributed by atoms with van der Waals surface area (Å²) >= 11 is 0. The minimum absolute atomic E-state index is 0.0503. The van der Waals surface area contributed by atoms with E-state index >= 15 is 0 Å². The molecular formula is C29H32N6O4S. The Hall–Kier alpha value is -4.25. The third-order valence-electron chi connectivity index (χ3n) is 6.94. The summed E-state index contributed by atoms with van der Waals surface area (Å²) in [5.74, 6) is 0.412. The summed E-state index contributed by atoms with van der Waals surface area (Å²) in [6.45, 7) is 1.90. The summed E-state index contributed by atoms with van der Waals surface area (Å²) in [6.07, 6.45) is 16.1. The Morgan fingerprint density at radius 2 is 1.85 bits per heavy atom. The Morgan fingerprint density at radius 1 is 1.10 bits per heavy atom. The zero-order valence-electron chi connectivity index (χ0n) is 22.3. The number of amides is 2. The second kappa shape index (κ2) is 11.9. The first-order chi connectivity index (χ1) is 19.3. The predicted molar refractivity (Wildman–Crippen MR) is 155 cm³/mol. The standard InChI is InChI=1S/C29H32N6O4S/c1-40(38,39)21-23-8-5-9-24(18-23)28-29(35-13-12-30-19-25(35)32-28)31-20-27(37)34-16-14-33(15-17-34)26(36)11-10-22-6-3-2-4-7-22/h2-7,9-13,18-19,23,31H,8,14-17,20-21H2,1H3/b11-10+. The van der Waals surface area contributed by atoms with Crippen LogP contribution in [0.2, 0.25) is 0 Å². The summed E-state index contributed by atoms with van der Waals surface area (Å²) in [4.78, 5) is 38.1. The van der Waals surface area contributed by atoms with Crippen LogP contribution in [0.15, 0.2) is 73.2 Å². The van der Waals surface area contributed by atoms with Gasteiger partial charge in [-0.2, -0.15) is 0 Å². The molecule has 0 bridgehead atoms. The van der Waals surface area contributed by atoms with Gasteiger partial charge in [-0.25, -0.2) is 13.4 Å². The summed E-state index contributed by atoms with van der Waals surface area (Å²) in [5, 5.41) is 3.26. The number of carbonyl (C=O) groups excluding carboxylic acids is 2. The van der Waals surface area contributed by atoms with Crippen molar-refractivity contribution in [2.24, 2.45) is 5.92 Å². The monoisotopic (exact) mass is 560 g/mol. The molecule has 3 heterocycles. The topological polar surface area (TPSA) is 117 Å². The SMILES string of the molecule is CS(=O)(=O)CC1C=C(c2nc3cnccn3c2NCC(=O)N2CCN(C(=O)/C=C/c3ccccc3)CC2)C=CC1. The largest absolute Gasteiger partial charge is 0.360 e. The first-order valence-electron chi connectivity index (χ1n) is 13.2. The van der Waals surface area contributed by atoms with E-state index in [1.807, 2.05) is 53.0 Å². The average Bonchev–Trinajstić information content (AvgIpc) is 3.33. The van der Waals surface area contributed by atoms with Gasteiger partial charge in [0.15, 0.2) is 5.65 Å². The van der Waals surface area contributed by atoms with E-state index in [1.54, 1.807) is 40.5 Å². The number of aromatic nitrogens is 3. The van der Waals surface area contributed by atoms with E-state index in [0.29, 0.717) is 49.8 Å². The molecule has 1 saturated heterocycles. The highest BCUT2D eigenvalue weighted by molar-refractivity contribution is 7.90. The molecule has 10 nitrogen and oxygen atoms in total. The Morgan fingerprint density at radius 3 is 2.60 bits per heavy atom. The van der Waals surface area contributed by atoms with Crippen molar-refractivity contribution in [1.82, 2.24) is 24.2 Å². The number of hydrogen-bond acceptors (Lipinski definition) is 7. The molecule has 1 atom stereocenters. The van der Waals surface area contributed by atoms with Gasteiger partial charge in [0.25, 0.3) is 0 Å². The average molecular weight is 561 g/mol. The molecule has 11 heteroatoms. The summed E-state index contributed by atoms with van der Waals surface area (Å²) in [7, 11) is -3.13. The van der Waals surface area contributed by atoms with Crippen LogP contribution in [0, 0.1) is 5.92 Å². The van der Waals surface area contributed by atoms with Gasteiger partial charge in [0.1, 0.15) is 21.3 Å². The number of rotatable bonds is 8. The van der Waals surface area contributed by atoms with Crippen molar-refractivity contribution in [3.8, 4) is 0 Å². The van der Waals surface area contributed by atoms with Crippen molar-refractivity contribution in [2.45, 2.75) is 6.42 Å². The Bertz CT molecular complexity index is 1580. The highest BCUT2D eigenvalue weighted by Crippen LogP contribution is 2.30. The molecule has 2 aromatic heterocycles. The van der Waals surface area contributed by atoms with Crippen LogP contribution in [0.4, 0.5) is 5.82 Å². The summed E-state index contributed by atoms with van der Waals surface area (Å²) in [6, 6.07) is 9.66. The molecule has 1 fully saturated rings. The van der Waals surface area contributed by atoms with Gasteiger partial charge >= 0.3 is 0 Å². The van der Waals surface area contributed by atoms with Gasteiger partial charge < -0.3 is 15.1 Å². The molecule has 1 unspecified atom stereocenters. The van der Waals surface area contributed by atoms with Gasteiger partial charge in [-0.1, -0.05) is 48.6 Å². The van der Waals surface area contributed by atoms with Crippen molar-refractivity contribution < 1.29 is 18.0 Å². The number of imidazole rings is 1. The number of allylic oxidation sites excluding steroid dienone is 4. The number of nitrogens with zero attached hydrogens (tertiary/aromatic N) is 5. The maximum Gasteiger partial charge on any atom is 0.246 e. The molecule has 1 aliphatic heterocycles. The number of sulfone groups is 1. The maximum absolute atomic E-state index is 13.1. The molecule has 208 valence electrons. The van der Waals surface area contributed by atoms with Gasteiger partial charge in [0.05, 0.1) is 18.5 Å². The van der Waals surface area contributed by atoms with E-state index < -0.39 is 9.84 Å². The highest BCUT2D eigenvalue weighted by Gasteiger charge is 2.25. The van der Waals surface area contributed by atoms with Crippen LogP contribution < -0.4 is 5.32 Å². The van der Waals surface area contributed by atoms with Crippen molar-refractivity contribution in [3.05, 3.63) is 84.5 Å². The van der Waals surface area contributed by atoms with Crippen LogP contribution in [0.25, 0.3) is 17.3 Å². The summed E-state index contributed by atoms with van der Waals surface area (Å²) < 4.78 is 25.6. The van der Waals surface area contributed by atoms with Crippen LogP contribution in [-0.4, -0.2) is 89.1 Å². The third-order valence-corrected chi connectivity index (χ3v) is 7.97. The van der Waals surface area contributed by atoms with Gasteiger partial charge in [-0.3, -0.25) is 19.0 Å². The molecule has 1 aliphatic carbocycles. The van der Waals surface area contributed by atoms with Crippen molar-refractivity contribution in [3.63, 3.8) is 0 Å². The van der Waals surface area contributed by atoms with Gasteiger partial charge in [0.2, 0.25) is 11.8 Å². The minimum atomic E-state index is -3.13. The smallest absolute Gasteiger partial charge is 0.246 e. The Kier molecular flexibility index (Phi) is 8.11. The van der Waals surface area contributed by atoms with E-state index in [9.17, 15) is 18.0 Å². The zero-order chi connectivity index (χ0) is 28.1. The molecule has 0 saturated carbocycles. The number of anilines is 1. The van der Waals surface area contributed by atoms with Crippen LogP contribution >= 0.6 is 0 Å². The predicted octanol–water partition coefficient (Wildman–Crippen LogP) is 2.53. The number of hydrogen-bond donors (Lipinski definition) is 1. The van der Waals surface area contributed by atoms with Crippen molar-refractivity contribution in [2.75, 3.05) is 50.0 Å². The van der Waals surface area contributed by atoms with Crippen molar-refractivity contribution in [1.29, 1.82) is 0 Å².